The van der Waals surface area contributed by atoms with Gasteiger partial charge in [-0.2, -0.15) is 13.2 Å². The van der Waals surface area contributed by atoms with Crippen molar-refractivity contribution in [3.8, 4) is 0 Å². The van der Waals surface area contributed by atoms with Gasteiger partial charge in [-0.15, -0.1) is 0 Å². The molecule has 0 aliphatic heterocycles. The van der Waals surface area contributed by atoms with Gasteiger partial charge < -0.3 is 15.7 Å². The van der Waals surface area contributed by atoms with Crippen LogP contribution in [0.5, 0.6) is 0 Å². The number of carbonyl (C=O) groups excluding carboxylic acids is 1. The van der Waals surface area contributed by atoms with Gasteiger partial charge in [0.15, 0.2) is 0 Å². The molecule has 1 rings (SSSR count). The van der Waals surface area contributed by atoms with Crippen LogP contribution in [0.3, 0.4) is 0 Å². The Labute approximate surface area is 121 Å². The molecule has 0 aromatic heterocycles. The molecule has 1 aromatic rings. The van der Waals surface area contributed by atoms with Gasteiger partial charge in [-0.1, -0.05) is 19.1 Å². The van der Waals surface area contributed by atoms with Crippen molar-refractivity contribution in [2.75, 3.05) is 6.61 Å². The first-order valence-corrected chi connectivity index (χ1v) is 6.63. The molecular weight excluding hydrogens is 285 g/mol. The highest BCUT2D eigenvalue weighted by Gasteiger charge is 2.30. The third-order valence-electron chi connectivity index (χ3n) is 3.13. The summed E-state index contributed by atoms with van der Waals surface area (Å²) in [6.45, 7) is 3.32. The van der Waals surface area contributed by atoms with Crippen molar-refractivity contribution in [1.82, 2.24) is 10.6 Å². The van der Waals surface area contributed by atoms with Crippen LogP contribution in [0.1, 0.15) is 37.4 Å². The lowest BCUT2D eigenvalue weighted by Crippen LogP contribution is -2.44. The van der Waals surface area contributed by atoms with Gasteiger partial charge in [0.25, 0.3) is 0 Å². The van der Waals surface area contributed by atoms with Crippen molar-refractivity contribution in [3.05, 3.63) is 35.4 Å². The molecule has 7 heteroatoms. The van der Waals surface area contributed by atoms with Crippen LogP contribution >= 0.6 is 0 Å². The van der Waals surface area contributed by atoms with E-state index in [1.807, 2.05) is 6.92 Å². The number of rotatable bonds is 5. The zero-order chi connectivity index (χ0) is 16.0. The van der Waals surface area contributed by atoms with E-state index in [-0.39, 0.29) is 12.6 Å². The minimum absolute atomic E-state index is 0.168. The van der Waals surface area contributed by atoms with E-state index in [2.05, 4.69) is 10.6 Å². The summed E-state index contributed by atoms with van der Waals surface area (Å²) in [4.78, 5) is 11.7. The predicted octanol–water partition coefficient (Wildman–Crippen LogP) is 2.84. The second kappa shape index (κ2) is 7.31. The fourth-order valence-electron chi connectivity index (χ4n) is 1.74. The largest absolute Gasteiger partial charge is 0.416 e. The smallest absolute Gasteiger partial charge is 0.394 e. The third kappa shape index (κ3) is 5.26. The maximum absolute atomic E-state index is 12.4. The Kier molecular flexibility index (Phi) is 6.02. The number of aliphatic hydroxyl groups is 1. The lowest BCUT2D eigenvalue weighted by Gasteiger charge is -2.19. The second-order valence-corrected chi connectivity index (χ2v) is 4.75. The zero-order valence-corrected chi connectivity index (χ0v) is 11.9. The fraction of sp³-hybridized carbons (Fsp3) is 0.500. The highest BCUT2D eigenvalue weighted by molar-refractivity contribution is 5.74. The molecule has 2 amide bonds. The monoisotopic (exact) mass is 304 g/mol. The number of hydrogen-bond donors (Lipinski definition) is 3. The molecule has 0 heterocycles. The molecule has 0 aliphatic carbocycles. The van der Waals surface area contributed by atoms with Crippen LogP contribution in [0.15, 0.2) is 24.3 Å². The van der Waals surface area contributed by atoms with Crippen molar-refractivity contribution < 1.29 is 23.1 Å². The van der Waals surface area contributed by atoms with Crippen molar-refractivity contribution in [2.45, 2.75) is 38.5 Å². The molecule has 0 radical (unpaired) electrons. The molecule has 2 atom stereocenters. The molecule has 118 valence electrons. The van der Waals surface area contributed by atoms with Crippen LogP contribution in [0.25, 0.3) is 0 Å². The molecule has 0 spiro atoms. The number of nitrogens with one attached hydrogen (secondary N) is 2. The highest BCUT2D eigenvalue weighted by atomic mass is 19.4. The molecule has 4 nitrogen and oxygen atoms in total. The van der Waals surface area contributed by atoms with Crippen LogP contribution in [0, 0.1) is 0 Å². The van der Waals surface area contributed by atoms with Crippen LogP contribution in [0.4, 0.5) is 18.0 Å². The van der Waals surface area contributed by atoms with Crippen LogP contribution in [-0.4, -0.2) is 23.8 Å². The van der Waals surface area contributed by atoms with Gasteiger partial charge in [-0.05, 0) is 31.0 Å². The summed E-state index contributed by atoms with van der Waals surface area (Å²) in [6.07, 6.45) is -3.79. The number of halogens is 3. The van der Waals surface area contributed by atoms with E-state index >= 15 is 0 Å². The quantitative estimate of drug-likeness (QED) is 0.783. The van der Waals surface area contributed by atoms with Gasteiger partial charge >= 0.3 is 12.2 Å². The zero-order valence-electron chi connectivity index (χ0n) is 11.9. The Balaban J connectivity index is 2.63. The summed E-state index contributed by atoms with van der Waals surface area (Å²) < 4.78 is 37.3. The van der Waals surface area contributed by atoms with Crippen molar-refractivity contribution in [3.63, 3.8) is 0 Å². The van der Waals surface area contributed by atoms with E-state index in [1.165, 1.54) is 12.1 Å². The summed E-state index contributed by atoms with van der Waals surface area (Å²) in [6, 6.07) is 3.37. The lowest BCUT2D eigenvalue weighted by atomic mass is 10.1. The van der Waals surface area contributed by atoms with Gasteiger partial charge in [-0.3, -0.25) is 0 Å². The summed E-state index contributed by atoms with van der Waals surface area (Å²) in [5.41, 5.74) is -0.163. The molecule has 3 N–H and O–H groups in total. The van der Waals surface area contributed by atoms with Crippen molar-refractivity contribution in [2.24, 2.45) is 0 Å². The molecule has 0 unspecified atom stereocenters. The van der Waals surface area contributed by atoms with E-state index in [9.17, 15) is 18.0 Å². The van der Waals surface area contributed by atoms with Gasteiger partial charge in [0.05, 0.1) is 24.3 Å². The Bertz CT molecular complexity index is 456. The summed E-state index contributed by atoms with van der Waals surface area (Å²) >= 11 is 0. The lowest BCUT2D eigenvalue weighted by molar-refractivity contribution is -0.137. The summed E-state index contributed by atoms with van der Waals surface area (Å²) in [5.74, 6) is 0. The normalized spacial score (nSPS) is 14.4. The number of aliphatic hydroxyl groups excluding tert-OH is 1. The Hall–Kier alpha value is -1.76. The molecule has 0 aliphatic rings. The average molecular weight is 304 g/mol. The number of amides is 2. The highest BCUT2D eigenvalue weighted by Crippen LogP contribution is 2.29. The van der Waals surface area contributed by atoms with Crippen LogP contribution < -0.4 is 10.6 Å². The number of carbonyl (C=O) groups is 1. The summed E-state index contributed by atoms with van der Waals surface area (Å²) in [5, 5.41) is 14.2. The number of urea groups is 1. The van der Waals surface area contributed by atoms with E-state index < -0.39 is 23.8 Å². The predicted molar refractivity (Wildman–Crippen MR) is 72.7 cm³/mol. The Morgan fingerprint density at radius 1 is 1.24 bits per heavy atom. The molecule has 0 bridgehead atoms. The van der Waals surface area contributed by atoms with E-state index in [1.54, 1.807) is 6.92 Å². The fourth-order valence-corrected chi connectivity index (χ4v) is 1.74. The van der Waals surface area contributed by atoms with E-state index in [0.29, 0.717) is 12.0 Å². The van der Waals surface area contributed by atoms with Gasteiger partial charge in [0, 0.05) is 0 Å². The third-order valence-corrected chi connectivity index (χ3v) is 3.13. The molecule has 0 fully saturated rings. The topological polar surface area (TPSA) is 61.4 Å². The maximum atomic E-state index is 12.4. The van der Waals surface area contributed by atoms with Crippen molar-refractivity contribution in [1.29, 1.82) is 0 Å². The standard InChI is InChI=1S/C14H19F3N2O2/c1-3-12(8-20)19-13(21)18-9(2)10-4-6-11(7-5-10)14(15,16)17/h4-7,9,12,20H,3,8H2,1-2H3,(H2,18,19,21)/t9-,12+/m1/s1. The first kappa shape index (κ1) is 17.3. The van der Waals surface area contributed by atoms with Gasteiger partial charge in [0.2, 0.25) is 0 Å². The molecule has 21 heavy (non-hydrogen) atoms. The van der Waals surface area contributed by atoms with Gasteiger partial charge in [0.1, 0.15) is 0 Å². The van der Waals surface area contributed by atoms with Crippen molar-refractivity contribution >= 4 is 6.03 Å². The number of alkyl halides is 3. The van der Waals surface area contributed by atoms with E-state index in [0.717, 1.165) is 12.1 Å². The minimum Gasteiger partial charge on any atom is -0.394 e. The van der Waals surface area contributed by atoms with Gasteiger partial charge in [-0.25, -0.2) is 4.79 Å². The van der Waals surface area contributed by atoms with Crippen LogP contribution in [0.2, 0.25) is 0 Å². The SMILES string of the molecule is CC[C@@H](CO)NC(=O)N[C@H](C)c1ccc(C(F)(F)F)cc1. The first-order valence-electron chi connectivity index (χ1n) is 6.63. The molecule has 1 aromatic carbocycles. The summed E-state index contributed by atoms with van der Waals surface area (Å²) in [7, 11) is 0. The minimum atomic E-state index is -4.37. The maximum Gasteiger partial charge on any atom is 0.416 e. The first-order chi connectivity index (χ1) is 9.77. The van der Waals surface area contributed by atoms with Crippen LogP contribution in [-0.2, 0) is 6.18 Å². The molecular formula is C14H19F3N2O2. The van der Waals surface area contributed by atoms with E-state index in [4.69, 9.17) is 5.11 Å². The average Bonchev–Trinajstić information content (AvgIpc) is 2.43. The Morgan fingerprint density at radius 3 is 2.24 bits per heavy atom. The number of hydrogen-bond acceptors (Lipinski definition) is 2. The number of benzene rings is 1. The molecule has 0 saturated heterocycles. The Morgan fingerprint density at radius 2 is 1.81 bits per heavy atom. The second-order valence-electron chi connectivity index (χ2n) is 4.75. The molecule has 0 saturated carbocycles.